The summed E-state index contributed by atoms with van der Waals surface area (Å²) < 4.78 is 1.79. The molecule has 184 valence electrons. The fourth-order valence-corrected chi connectivity index (χ4v) is 3.74. The highest BCUT2D eigenvalue weighted by molar-refractivity contribution is 5.90. The number of hydrazone groups is 1. The van der Waals surface area contributed by atoms with Crippen LogP contribution in [0.4, 0.5) is 0 Å². The standard InChI is InChI=1S/C28H35N5O2/c1-2-3-4-5-6-7-14-19-26(34)29-21-27(35)31-30-20-24-22-33(25-17-12-9-13-18-25)32-28(24)23-15-10-8-11-16-23/h8-13,15-18,20,22H,2-7,14,19,21H2,1H3,(H,29,34)(H,31,35)/b30-20-. The second-order valence-corrected chi connectivity index (χ2v) is 8.52. The molecule has 1 aromatic heterocycles. The van der Waals surface area contributed by atoms with Crippen LogP contribution in [0.15, 0.2) is 72.0 Å². The number of hydrogen-bond donors (Lipinski definition) is 2. The van der Waals surface area contributed by atoms with Gasteiger partial charge in [0, 0.05) is 23.7 Å². The number of nitrogens with one attached hydrogen (secondary N) is 2. The molecule has 0 aliphatic heterocycles. The Balaban J connectivity index is 1.49. The maximum Gasteiger partial charge on any atom is 0.259 e. The minimum Gasteiger partial charge on any atom is -0.347 e. The van der Waals surface area contributed by atoms with Crippen LogP contribution in [0.1, 0.15) is 63.9 Å². The minimum atomic E-state index is -0.370. The smallest absolute Gasteiger partial charge is 0.259 e. The largest absolute Gasteiger partial charge is 0.347 e. The van der Waals surface area contributed by atoms with Crippen molar-refractivity contribution in [3.8, 4) is 16.9 Å². The fourth-order valence-electron chi connectivity index (χ4n) is 3.74. The highest BCUT2D eigenvalue weighted by Crippen LogP contribution is 2.22. The summed E-state index contributed by atoms with van der Waals surface area (Å²) in [5, 5.41) is 11.5. The molecule has 0 saturated heterocycles. The molecule has 0 saturated carbocycles. The molecule has 3 rings (SSSR count). The molecule has 0 radical (unpaired) electrons. The lowest BCUT2D eigenvalue weighted by molar-refractivity contribution is -0.126. The van der Waals surface area contributed by atoms with Crippen LogP contribution < -0.4 is 10.7 Å². The average Bonchev–Trinajstić information content (AvgIpc) is 3.32. The number of hydrogen-bond acceptors (Lipinski definition) is 4. The number of unbranched alkanes of at least 4 members (excludes halogenated alkanes) is 6. The zero-order chi connectivity index (χ0) is 24.7. The molecule has 0 spiro atoms. The lowest BCUT2D eigenvalue weighted by atomic mass is 10.1. The van der Waals surface area contributed by atoms with E-state index in [4.69, 9.17) is 5.10 Å². The lowest BCUT2D eigenvalue weighted by Crippen LogP contribution is -2.34. The van der Waals surface area contributed by atoms with Crippen LogP contribution in [-0.4, -0.2) is 34.4 Å². The van der Waals surface area contributed by atoms with Gasteiger partial charge in [-0.15, -0.1) is 0 Å². The Hall–Kier alpha value is -3.74. The Morgan fingerprint density at radius 2 is 1.54 bits per heavy atom. The van der Waals surface area contributed by atoms with Gasteiger partial charge in [0.25, 0.3) is 5.91 Å². The van der Waals surface area contributed by atoms with Gasteiger partial charge >= 0.3 is 0 Å². The first-order valence-corrected chi connectivity index (χ1v) is 12.5. The number of carbonyl (C=O) groups excluding carboxylic acids is 2. The van der Waals surface area contributed by atoms with Crippen molar-refractivity contribution in [3.63, 3.8) is 0 Å². The van der Waals surface area contributed by atoms with Crippen molar-refractivity contribution in [1.29, 1.82) is 0 Å². The van der Waals surface area contributed by atoms with E-state index >= 15 is 0 Å². The second-order valence-electron chi connectivity index (χ2n) is 8.52. The van der Waals surface area contributed by atoms with Crippen LogP contribution in [-0.2, 0) is 9.59 Å². The molecule has 7 heteroatoms. The lowest BCUT2D eigenvalue weighted by Gasteiger charge is -2.04. The van der Waals surface area contributed by atoms with Crippen LogP contribution in [0, 0.1) is 0 Å². The van der Waals surface area contributed by atoms with Gasteiger partial charge in [-0.05, 0) is 18.6 Å². The third-order valence-corrected chi connectivity index (χ3v) is 5.66. The molecule has 2 amide bonds. The number of rotatable bonds is 14. The van der Waals surface area contributed by atoms with E-state index in [0.717, 1.165) is 41.8 Å². The molecule has 35 heavy (non-hydrogen) atoms. The molecule has 0 unspecified atom stereocenters. The number of aromatic nitrogens is 2. The quantitative estimate of drug-likeness (QED) is 0.190. The van der Waals surface area contributed by atoms with E-state index in [2.05, 4.69) is 22.8 Å². The van der Waals surface area contributed by atoms with Gasteiger partial charge in [-0.2, -0.15) is 10.2 Å². The Morgan fingerprint density at radius 1 is 0.886 bits per heavy atom. The summed E-state index contributed by atoms with van der Waals surface area (Å²) in [5.74, 6) is -0.473. The second kappa shape index (κ2) is 14.5. The molecule has 2 N–H and O–H groups in total. The van der Waals surface area contributed by atoms with Gasteiger partial charge in [0.15, 0.2) is 0 Å². The van der Waals surface area contributed by atoms with Gasteiger partial charge < -0.3 is 5.32 Å². The van der Waals surface area contributed by atoms with Crippen molar-refractivity contribution < 1.29 is 9.59 Å². The van der Waals surface area contributed by atoms with Crippen molar-refractivity contribution in [2.45, 2.75) is 58.3 Å². The summed E-state index contributed by atoms with van der Waals surface area (Å²) in [7, 11) is 0. The molecule has 2 aromatic carbocycles. The van der Waals surface area contributed by atoms with Crippen molar-refractivity contribution in [1.82, 2.24) is 20.5 Å². The molecule has 0 aliphatic carbocycles. The van der Waals surface area contributed by atoms with Crippen LogP contribution in [0.3, 0.4) is 0 Å². The molecule has 7 nitrogen and oxygen atoms in total. The average molecular weight is 474 g/mol. The highest BCUT2D eigenvalue weighted by atomic mass is 16.2. The van der Waals surface area contributed by atoms with E-state index in [9.17, 15) is 9.59 Å². The first kappa shape index (κ1) is 25.9. The maximum atomic E-state index is 12.1. The SMILES string of the molecule is CCCCCCCCCC(=O)NCC(=O)N/N=C\c1cn(-c2ccccc2)nc1-c1ccccc1. The summed E-state index contributed by atoms with van der Waals surface area (Å²) in [4.78, 5) is 24.1. The topological polar surface area (TPSA) is 88.4 Å². The highest BCUT2D eigenvalue weighted by Gasteiger charge is 2.11. The Morgan fingerprint density at radius 3 is 2.26 bits per heavy atom. The van der Waals surface area contributed by atoms with Crippen molar-refractivity contribution in [2.75, 3.05) is 6.54 Å². The van der Waals surface area contributed by atoms with Gasteiger partial charge in [-0.3, -0.25) is 9.59 Å². The summed E-state index contributed by atoms with van der Waals surface area (Å²) in [6.45, 7) is 2.11. The Bertz CT molecular complexity index is 1080. The third kappa shape index (κ3) is 8.85. The molecule has 0 atom stereocenters. The zero-order valence-electron chi connectivity index (χ0n) is 20.5. The monoisotopic (exact) mass is 473 g/mol. The Labute approximate surface area is 207 Å². The summed E-state index contributed by atoms with van der Waals surface area (Å²) in [6.07, 6.45) is 12.0. The number of carbonyl (C=O) groups is 2. The summed E-state index contributed by atoms with van der Waals surface area (Å²) in [5.41, 5.74) is 5.89. The zero-order valence-corrected chi connectivity index (χ0v) is 20.5. The van der Waals surface area contributed by atoms with Gasteiger partial charge in [-0.25, -0.2) is 10.1 Å². The molecule has 3 aromatic rings. The van der Waals surface area contributed by atoms with E-state index in [-0.39, 0.29) is 18.4 Å². The predicted molar refractivity (Wildman–Crippen MR) is 140 cm³/mol. The maximum absolute atomic E-state index is 12.1. The van der Waals surface area contributed by atoms with Gasteiger partial charge in [-0.1, -0.05) is 94.0 Å². The van der Waals surface area contributed by atoms with Gasteiger partial charge in [0.1, 0.15) is 5.69 Å². The normalized spacial score (nSPS) is 11.0. The fraction of sp³-hybridized carbons (Fsp3) is 0.357. The molecular formula is C28H35N5O2. The first-order valence-electron chi connectivity index (χ1n) is 12.5. The van der Waals surface area contributed by atoms with E-state index in [0.29, 0.717) is 6.42 Å². The molecule has 0 aliphatic rings. The first-order chi connectivity index (χ1) is 17.2. The molecule has 0 fully saturated rings. The minimum absolute atomic E-state index is 0.0957. The van der Waals surface area contributed by atoms with E-state index in [1.807, 2.05) is 66.9 Å². The van der Waals surface area contributed by atoms with Crippen LogP contribution in [0.5, 0.6) is 0 Å². The van der Waals surface area contributed by atoms with E-state index < -0.39 is 0 Å². The van der Waals surface area contributed by atoms with Crippen LogP contribution in [0.2, 0.25) is 0 Å². The van der Waals surface area contributed by atoms with Crippen molar-refractivity contribution in [3.05, 3.63) is 72.4 Å². The predicted octanol–water partition coefficient (Wildman–Crippen LogP) is 5.25. The third-order valence-electron chi connectivity index (χ3n) is 5.66. The molecule has 0 bridgehead atoms. The van der Waals surface area contributed by atoms with Crippen LogP contribution in [0.25, 0.3) is 16.9 Å². The van der Waals surface area contributed by atoms with Crippen molar-refractivity contribution in [2.24, 2.45) is 5.10 Å². The number of benzene rings is 2. The van der Waals surface area contributed by atoms with E-state index in [1.165, 1.54) is 25.7 Å². The van der Waals surface area contributed by atoms with Gasteiger partial charge in [0.2, 0.25) is 5.91 Å². The van der Waals surface area contributed by atoms with Crippen LogP contribution >= 0.6 is 0 Å². The Kier molecular flexibility index (Phi) is 10.7. The molecule has 1 heterocycles. The van der Waals surface area contributed by atoms with Crippen molar-refractivity contribution >= 4 is 18.0 Å². The van der Waals surface area contributed by atoms with E-state index in [1.54, 1.807) is 10.9 Å². The summed E-state index contributed by atoms with van der Waals surface area (Å²) in [6, 6.07) is 19.6. The number of amides is 2. The molecular weight excluding hydrogens is 438 g/mol. The number of nitrogens with zero attached hydrogens (tertiary/aromatic N) is 3. The number of para-hydroxylation sites is 1. The van der Waals surface area contributed by atoms with Gasteiger partial charge in [0.05, 0.1) is 18.4 Å². The summed E-state index contributed by atoms with van der Waals surface area (Å²) >= 11 is 0.